The predicted octanol–water partition coefficient (Wildman–Crippen LogP) is 4.43. The highest BCUT2D eigenvalue weighted by molar-refractivity contribution is 7.99. The standard InChI is InChI=1S/C26H32O4S2/c1-31-26-24(29)22(27)23(28)25(30-26)18-8-9-20(16-6-7-16)19(14-18)13-15-5-10-21-17(12-15)4-2-3-11-32-21/h5,8-10,12,14,16,22-29H,2-4,6-7,11,13H2,1H3/t22-,23-,24+,25+,26-/m1/s1. The maximum atomic E-state index is 10.7. The van der Waals surface area contributed by atoms with Crippen LogP contribution in [-0.4, -0.2) is 51.1 Å². The molecule has 6 heteroatoms. The van der Waals surface area contributed by atoms with Crippen LogP contribution >= 0.6 is 23.5 Å². The summed E-state index contributed by atoms with van der Waals surface area (Å²) in [5.74, 6) is 1.83. The normalized spacial score (nSPS) is 30.6. The third kappa shape index (κ3) is 4.63. The molecule has 1 saturated heterocycles. The highest BCUT2D eigenvalue weighted by Gasteiger charge is 2.44. The molecule has 2 aliphatic heterocycles. The van der Waals surface area contributed by atoms with Gasteiger partial charge in [0.05, 0.1) is 0 Å². The summed E-state index contributed by atoms with van der Waals surface area (Å²) in [5.41, 5.74) is 5.78. The number of hydrogen-bond donors (Lipinski definition) is 3. The summed E-state index contributed by atoms with van der Waals surface area (Å²) in [6.07, 6.45) is 4.73. The first-order chi connectivity index (χ1) is 15.5. The average molecular weight is 473 g/mol. The number of fused-ring (bicyclic) bond motifs is 1. The van der Waals surface area contributed by atoms with Gasteiger partial charge in [-0.1, -0.05) is 30.3 Å². The Morgan fingerprint density at radius 3 is 2.62 bits per heavy atom. The molecular weight excluding hydrogens is 440 g/mol. The molecule has 172 valence electrons. The van der Waals surface area contributed by atoms with Gasteiger partial charge < -0.3 is 20.1 Å². The van der Waals surface area contributed by atoms with Crippen LogP contribution < -0.4 is 0 Å². The Kier molecular flexibility index (Phi) is 6.89. The Balaban J connectivity index is 1.45. The van der Waals surface area contributed by atoms with Gasteiger partial charge in [0.15, 0.2) is 0 Å². The molecule has 5 rings (SSSR count). The Labute approximate surface area is 198 Å². The fourth-order valence-corrected chi connectivity index (χ4v) is 6.71. The number of benzene rings is 2. The minimum absolute atomic E-state index is 0.563. The Morgan fingerprint density at radius 1 is 1.00 bits per heavy atom. The Bertz CT molecular complexity index is 959. The summed E-state index contributed by atoms with van der Waals surface area (Å²) in [5, 5.41) is 31.2. The Hall–Kier alpha value is -1.02. The van der Waals surface area contributed by atoms with Crippen molar-refractivity contribution in [1.29, 1.82) is 0 Å². The van der Waals surface area contributed by atoms with Crippen molar-refractivity contribution in [2.24, 2.45) is 0 Å². The molecule has 5 atom stereocenters. The van der Waals surface area contributed by atoms with Gasteiger partial charge in [0.2, 0.25) is 0 Å². The van der Waals surface area contributed by atoms with Crippen LogP contribution in [0.1, 0.15) is 65.5 Å². The van der Waals surface area contributed by atoms with Gasteiger partial charge in [-0.15, -0.1) is 23.5 Å². The molecule has 0 unspecified atom stereocenters. The van der Waals surface area contributed by atoms with Crippen molar-refractivity contribution >= 4 is 23.5 Å². The lowest BCUT2D eigenvalue weighted by Crippen LogP contribution is -2.52. The van der Waals surface area contributed by atoms with Gasteiger partial charge in [-0.25, -0.2) is 0 Å². The van der Waals surface area contributed by atoms with E-state index in [1.54, 1.807) is 0 Å². The van der Waals surface area contributed by atoms with Gasteiger partial charge in [-0.2, -0.15) is 0 Å². The first-order valence-corrected chi connectivity index (χ1v) is 13.9. The van der Waals surface area contributed by atoms with E-state index in [1.807, 2.05) is 24.1 Å². The first kappa shape index (κ1) is 22.8. The van der Waals surface area contributed by atoms with E-state index in [0.29, 0.717) is 5.92 Å². The van der Waals surface area contributed by atoms with Crippen molar-refractivity contribution < 1.29 is 20.1 Å². The number of ether oxygens (including phenoxy) is 1. The third-order valence-electron chi connectivity index (χ3n) is 6.93. The smallest absolute Gasteiger partial charge is 0.132 e. The average Bonchev–Trinajstić information content (AvgIpc) is 3.65. The van der Waals surface area contributed by atoms with Crippen molar-refractivity contribution in [1.82, 2.24) is 0 Å². The van der Waals surface area contributed by atoms with Crippen molar-refractivity contribution in [2.75, 3.05) is 12.0 Å². The quantitative estimate of drug-likeness (QED) is 0.598. The zero-order valence-electron chi connectivity index (χ0n) is 18.4. The number of aliphatic hydroxyl groups excluding tert-OH is 3. The molecular formula is C26H32O4S2. The van der Waals surface area contributed by atoms with Gasteiger partial charge in [-0.05, 0) is 90.3 Å². The van der Waals surface area contributed by atoms with Crippen LogP contribution in [-0.2, 0) is 17.6 Å². The summed E-state index contributed by atoms with van der Waals surface area (Å²) in [7, 11) is 0. The van der Waals surface area contributed by atoms with Crippen molar-refractivity contribution in [3.63, 3.8) is 0 Å². The molecule has 3 N–H and O–H groups in total. The molecule has 2 aromatic carbocycles. The molecule has 1 saturated carbocycles. The molecule has 0 amide bonds. The zero-order chi connectivity index (χ0) is 22.2. The van der Waals surface area contributed by atoms with E-state index in [4.69, 9.17) is 4.74 Å². The predicted molar refractivity (Wildman–Crippen MR) is 130 cm³/mol. The van der Waals surface area contributed by atoms with Crippen LogP contribution in [0.15, 0.2) is 41.3 Å². The van der Waals surface area contributed by atoms with Crippen molar-refractivity contribution in [3.8, 4) is 0 Å². The molecule has 0 spiro atoms. The molecule has 0 bridgehead atoms. The van der Waals surface area contributed by atoms with Crippen LogP contribution in [0.25, 0.3) is 0 Å². The molecule has 0 radical (unpaired) electrons. The SMILES string of the molecule is CS[C@H]1O[C@@H](c2ccc(C3CC3)c(Cc3ccc4c(c3)CCCCS4)c2)[C@H](O)[C@@H](O)[C@@H]1O. The number of aryl methyl sites for hydroxylation is 1. The second-order valence-corrected chi connectivity index (χ2v) is 11.4. The molecule has 3 aliphatic rings. The van der Waals surface area contributed by atoms with E-state index in [1.165, 1.54) is 70.3 Å². The molecule has 2 fully saturated rings. The van der Waals surface area contributed by atoms with Gasteiger partial charge in [0, 0.05) is 4.90 Å². The van der Waals surface area contributed by atoms with Gasteiger partial charge in [-0.3, -0.25) is 0 Å². The van der Waals surface area contributed by atoms with Crippen LogP contribution in [0.4, 0.5) is 0 Å². The third-order valence-corrected chi connectivity index (χ3v) is 8.99. The summed E-state index contributed by atoms with van der Waals surface area (Å²) >= 11 is 3.33. The Morgan fingerprint density at radius 2 is 1.84 bits per heavy atom. The van der Waals surface area contributed by atoms with E-state index >= 15 is 0 Å². The molecule has 2 aromatic rings. The second kappa shape index (κ2) is 9.69. The zero-order valence-corrected chi connectivity index (χ0v) is 20.1. The van der Waals surface area contributed by atoms with E-state index in [-0.39, 0.29) is 0 Å². The van der Waals surface area contributed by atoms with E-state index in [2.05, 4.69) is 30.3 Å². The summed E-state index contributed by atoms with van der Waals surface area (Å²) < 4.78 is 6.03. The number of aliphatic hydroxyl groups is 3. The highest BCUT2D eigenvalue weighted by atomic mass is 32.2. The molecule has 2 heterocycles. The molecule has 4 nitrogen and oxygen atoms in total. The monoisotopic (exact) mass is 472 g/mol. The van der Waals surface area contributed by atoms with Crippen LogP contribution in [0.2, 0.25) is 0 Å². The van der Waals surface area contributed by atoms with Gasteiger partial charge in [0.25, 0.3) is 0 Å². The van der Waals surface area contributed by atoms with Gasteiger partial charge in [0.1, 0.15) is 29.9 Å². The summed E-state index contributed by atoms with van der Waals surface area (Å²) in [6.45, 7) is 0. The van der Waals surface area contributed by atoms with Crippen LogP contribution in [0.5, 0.6) is 0 Å². The molecule has 1 aliphatic carbocycles. The minimum atomic E-state index is -1.22. The lowest BCUT2D eigenvalue weighted by atomic mass is 9.89. The maximum absolute atomic E-state index is 10.7. The van der Waals surface area contributed by atoms with Crippen LogP contribution in [0.3, 0.4) is 0 Å². The van der Waals surface area contributed by atoms with E-state index < -0.39 is 29.9 Å². The fraction of sp³-hybridized carbons (Fsp3) is 0.538. The fourth-order valence-electron chi connectivity index (χ4n) is 4.97. The highest BCUT2D eigenvalue weighted by Crippen LogP contribution is 2.44. The topological polar surface area (TPSA) is 69.9 Å². The summed E-state index contributed by atoms with van der Waals surface area (Å²) in [6, 6.07) is 13.3. The van der Waals surface area contributed by atoms with Crippen molar-refractivity contribution in [3.05, 3.63) is 64.2 Å². The minimum Gasteiger partial charge on any atom is -0.387 e. The number of rotatable bonds is 5. The first-order valence-electron chi connectivity index (χ1n) is 11.6. The lowest BCUT2D eigenvalue weighted by molar-refractivity contribution is -0.200. The van der Waals surface area contributed by atoms with Crippen LogP contribution in [0, 0.1) is 0 Å². The number of hydrogen-bond acceptors (Lipinski definition) is 6. The van der Waals surface area contributed by atoms with E-state index in [9.17, 15) is 15.3 Å². The van der Waals surface area contributed by atoms with Crippen molar-refractivity contribution in [2.45, 2.75) is 79.2 Å². The second-order valence-electron chi connectivity index (χ2n) is 9.29. The largest absolute Gasteiger partial charge is 0.387 e. The van der Waals surface area contributed by atoms with Gasteiger partial charge >= 0.3 is 0 Å². The number of thioether (sulfide) groups is 2. The molecule has 0 aromatic heterocycles. The maximum Gasteiger partial charge on any atom is 0.132 e. The van der Waals surface area contributed by atoms with E-state index in [0.717, 1.165) is 18.4 Å². The summed E-state index contributed by atoms with van der Waals surface area (Å²) in [4.78, 5) is 1.43. The molecule has 32 heavy (non-hydrogen) atoms. The lowest BCUT2D eigenvalue weighted by Gasteiger charge is -2.40.